The molecule has 0 aliphatic carbocycles. The highest BCUT2D eigenvalue weighted by Crippen LogP contribution is 2.47. The zero-order valence-electron chi connectivity index (χ0n) is 21.9. The van der Waals surface area contributed by atoms with Gasteiger partial charge in [0.05, 0.1) is 12.8 Å². The number of aromatic amines is 1. The summed E-state index contributed by atoms with van der Waals surface area (Å²) in [6, 6.07) is 5.43. The lowest BCUT2D eigenvalue weighted by Gasteiger charge is -2.39. The lowest BCUT2D eigenvalue weighted by atomic mass is 9.97. The van der Waals surface area contributed by atoms with Crippen LogP contribution < -0.4 is 19.9 Å². The van der Waals surface area contributed by atoms with Crippen LogP contribution in [-0.4, -0.2) is 84.2 Å². The minimum absolute atomic E-state index is 0.0818. The van der Waals surface area contributed by atoms with Crippen molar-refractivity contribution >= 4 is 28.4 Å². The molecule has 1 fully saturated rings. The summed E-state index contributed by atoms with van der Waals surface area (Å²) in [7, 11) is 5.28. The fourth-order valence-corrected chi connectivity index (χ4v) is 5.04. The Morgan fingerprint density at radius 2 is 1.86 bits per heavy atom. The molecule has 10 nitrogen and oxygen atoms in total. The van der Waals surface area contributed by atoms with E-state index >= 15 is 0 Å². The average Bonchev–Trinajstić information content (AvgIpc) is 3.37. The number of methoxy groups -OCH3 is 1. The number of amides is 2. The Bertz CT molecular complexity index is 1420. The molecule has 1 unspecified atom stereocenters. The van der Waals surface area contributed by atoms with E-state index in [-0.39, 0.29) is 29.8 Å². The van der Waals surface area contributed by atoms with Gasteiger partial charge in [-0.05, 0) is 25.1 Å². The predicted octanol–water partition coefficient (Wildman–Crippen LogP) is 2.07. The first kappa shape index (κ1) is 24.9. The van der Waals surface area contributed by atoms with E-state index < -0.39 is 6.10 Å². The van der Waals surface area contributed by atoms with Gasteiger partial charge in [0.1, 0.15) is 17.8 Å². The third kappa shape index (κ3) is 4.35. The van der Waals surface area contributed by atoms with Gasteiger partial charge < -0.3 is 28.8 Å². The fourth-order valence-electron chi connectivity index (χ4n) is 5.04. The number of rotatable bonds is 5. The molecule has 0 bridgehead atoms. The first-order valence-corrected chi connectivity index (χ1v) is 12.5. The monoisotopic (exact) mass is 507 g/mol. The topological polar surface area (TPSA) is 100 Å². The molecule has 0 saturated carbocycles. The van der Waals surface area contributed by atoms with E-state index in [1.165, 1.54) is 9.47 Å². The molecule has 3 aromatic rings. The largest absolute Gasteiger partial charge is 0.497 e. The van der Waals surface area contributed by atoms with Crippen molar-refractivity contribution in [3.8, 4) is 22.6 Å². The van der Waals surface area contributed by atoms with Crippen LogP contribution in [0.5, 0.6) is 11.5 Å². The van der Waals surface area contributed by atoms with Crippen LogP contribution in [0.4, 0.5) is 5.69 Å². The number of likely N-dealkylation sites (N-methyl/N-ethyl adjacent to an activating group) is 1. The number of nitrogens with one attached hydrogen (secondary N) is 1. The van der Waals surface area contributed by atoms with Crippen LogP contribution in [0.2, 0.25) is 0 Å². The van der Waals surface area contributed by atoms with Crippen molar-refractivity contribution in [2.24, 2.45) is 13.0 Å². The Hall–Kier alpha value is -3.79. The van der Waals surface area contributed by atoms with Crippen LogP contribution in [0.25, 0.3) is 22.0 Å². The van der Waals surface area contributed by atoms with Crippen molar-refractivity contribution in [3.63, 3.8) is 0 Å². The Labute approximate surface area is 215 Å². The van der Waals surface area contributed by atoms with Gasteiger partial charge in [0.25, 0.3) is 11.5 Å². The number of fused-ring (bicyclic) bond motifs is 2. The molecule has 196 valence electrons. The van der Waals surface area contributed by atoms with Crippen LogP contribution in [0.3, 0.4) is 0 Å². The molecule has 2 amide bonds. The Morgan fingerprint density at radius 1 is 1.14 bits per heavy atom. The number of aryl methyl sites for hydroxylation is 1. The number of hydrogen-bond acceptors (Lipinski definition) is 6. The SMILES string of the molecule is COc1cc(-c2cn(C)c(=O)c3[nH]ccc23)c2c(c1)N(CC(=O)N1CCN(C)CC1)C(=O)C(C(C)C)O2. The number of nitrogens with zero attached hydrogens (tertiary/aromatic N) is 4. The molecule has 1 N–H and O–H groups in total. The number of piperazine rings is 1. The number of pyridine rings is 1. The summed E-state index contributed by atoms with van der Waals surface area (Å²) in [5, 5.41) is 0.736. The first-order chi connectivity index (χ1) is 17.7. The van der Waals surface area contributed by atoms with E-state index in [0.717, 1.165) is 24.0 Å². The van der Waals surface area contributed by atoms with Gasteiger partial charge in [-0.15, -0.1) is 0 Å². The molecule has 1 atom stereocenters. The molecular weight excluding hydrogens is 474 g/mol. The van der Waals surface area contributed by atoms with Gasteiger partial charge in [0.15, 0.2) is 11.9 Å². The maximum atomic E-state index is 13.6. The van der Waals surface area contributed by atoms with Gasteiger partial charge >= 0.3 is 0 Å². The van der Waals surface area contributed by atoms with Crippen molar-refractivity contribution in [2.75, 3.05) is 51.8 Å². The molecule has 10 heteroatoms. The van der Waals surface area contributed by atoms with Crippen molar-refractivity contribution in [2.45, 2.75) is 20.0 Å². The molecule has 1 saturated heterocycles. The van der Waals surface area contributed by atoms with Crippen LogP contribution in [0, 0.1) is 5.92 Å². The second-order valence-electron chi connectivity index (χ2n) is 10.1. The number of H-pyrrole nitrogens is 1. The maximum Gasteiger partial charge on any atom is 0.274 e. The summed E-state index contributed by atoms with van der Waals surface area (Å²) in [6.07, 6.45) is 2.73. The van der Waals surface area contributed by atoms with Crippen molar-refractivity contribution in [1.29, 1.82) is 0 Å². The lowest BCUT2D eigenvalue weighted by molar-refractivity contribution is -0.135. The Balaban J connectivity index is 1.66. The average molecular weight is 508 g/mol. The minimum atomic E-state index is -0.755. The second kappa shape index (κ2) is 9.59. The van der Waals surface area contributed by atoms with Crippen molar-refractivity contribution in [3.05, 3.63) is 40.9 Å². The predicted molar refractivity (Wildman–Crippen MR) is 141 cm³/mol. The van der Waals surface area contributed by atoms with Crippen molar-refractivity contribution < 1.29 is 19.1 Å². The van der Waals surface area contributed by atoms with Crippen LogP contribution in [-0.2, 0) is 16.6 Å². The van der Waals surface area contributed by atoms with Gasteiger partial charge in [0, 0.05) is 68.2 Å². The summed E-state index contributed by atoms with van der Waals surface area (Å²) in [5.41, 5.74) is 2.26. The molecule has 1 aromatic carbocycles. The molecule has 5 rings (SSSR count). The number of ether oxygens (including phenoxy) is 2. The van der Waals surface area contributed by atoms with Gasteiger partial charge in [-0.2, -0.15) is 0 Å². The molecule has 37 heavy (non-hydrogen) atoms. The highest BCUT2D eigenvalue weighted by molar-refractivity contribution is 6.07. The summed E-state index contributed by atoms with van der Waals surface area (Å²) in [6.45, 7) is 6.61. The van der Waals surface area contributed by atoms with Gasteiger partial charge in [-0.3, -0.25) is 19.3 Å². The third-order valence-corrected chi connectivity index (χ3v) is 7.26. The maximum absolute atomic E-state index is 13.6. The number of carbonyl (C=O) groups is 2. The quantitative estimate of drug-likeness (QED) is 0.568. The van der Waals surface area contributed by atoms with Gasteiger partial charge in [-0.25, -0.2) is 0 Å². The van der Waals surface area contributed by atoms with Gasteiger partial charge in [0.2, 0.25) is 5.91 Å². The third-order valence-electron chi connectivity index (χ3n) is 7.26. The Morgan fingerprint density at radius 3 is 2.54 bits per heavy atom. The van der Waals surface area contributed by atoms with Crippen LogP contribution in [0.1, 0.15) is 13.8 Å². The summed E-state index contributed by atoms with van der Waals surface area (Å²) < 4.78 is 13.5. The van der Waals surface area contributed by atoms with E-state index in [2.05, 4.69) is 9.88 Å². The summed E-state index contributed by atoms with van der Waals surface area (Å²) in [4.78, 5) is 48.2. The number of hydrogen-bond donors (Lipinski definition) is 1. The molecule has 2 aromatic heterocycles. The van der Waals surface area contributed by atoms with Crippen LogP contribution >= 0.6 is 0 Å². The molecule has 2 aliphatic heterocycles. The summed E-state index contributed by atoms with van der Waals surface area (Å²) in [5.74, 6) is 0.533. The minimum Gasteiger partial charge on any atom is -0.497 e. The highest BCUT2D eigenvalue weighted by atomic mass is 16.5. The normalized spacial score (nSPS) is 18.3. The Kier molecular flexibility index (Phi) is 6.45. The molecule has 2 aliphatic rings. The molecule has 0 spiro atoms. The smallest absolute Gasteiger partial charge is 0.274 e. The number of benzene rings is 1. The number of carbonyl (C=O) groups excluding carboxylic acids is 2. The lowest BCUT2D eigenvalue weighted by Crippen LogP contribution is -2.54. The summed E-state index contributed by atoms with van der Waals surface area (Å²) >= 11 is 0. The molecular formula is C27H33N5O5. The zero-order chi connectivity index (χ0) is 26.4. The van der Waals surface area contributed by atoms with Crippen molar-refractivity contribution in [1.82, 2.24) is 19.4 Å². The van der Waals surface area contributed by atoms with E-state index in [0.29, 0.717) is 41.4 Å². The molecule has 4 heterocycles. The standard InChI is InChI=1S/C27H33N5O5/c1-16(2)24-27(35)32(15-22(33)31-10-8-29(3)9-11-31)21-13-17(36-5)12-19(25(21)37-24)20-14-30(4)26(34)23-18(20)6-7-28-23/h6-7,12-14,16,24,28H,8-11,15H2,1-5H3. The number of aromatic nitrogens is 2. The van der Waals surface area contributed by atoms with Gasteiger partial charge in [-0.1, -0.05) is 13.8 Å². The van der Waals surface area contributed by atoms with E-state index in [1.54, 1.807) is 32.6 Å². The first-order valence-electron chi connectivity index (χ1n) is 12.5. The van der Waals surface area contributed by atoms with Crippen LogP contribution in [0.15, 0.2) is 35.4 Å². The zero-order valence-corrected chi connectivity index (χ0v) is 21.9. The number of anilines is 1. The highest BCUT2D eigenvalue weighted by Gasteiger charge is 2.40. The molecule has 0 radical (unpaired) electrons. The fraction of sp³-hybridized carbons (Fsp3) is 0.444. The van der Waals surface area contributed by atoms with E-state index in [9.17, 15) is 14.4 Å². The van der Waals surface area contributed by atoms with E-state index in [4.69, 9.17) is 9.47 Å². The van der Waals surface area contributed by atoms with E-state index in [1.807, 2.05) is 37.9 Å². The second-order valence-corrected chi connectivity index (χ2v) is 10.1.